The number of ether oxygens (including phenoxy) is 4. The molecule has 1 unspecified atom stereocenters. The first-order chi connectivity index (χ1) is 15.0. The topological polar surface area (TPSA) is 74.3 Å². The monoisotopic (exact) mass is 465 g/mol. The van der Waals surface area contributed by atoms with Gasteiger partial charge in [0.2, 0.25) is 0 Å². The van der Waals surface area contributed by atoms with Gasteiger partial charge in [-0.15, -0.1) is 0 Å². The SMILES string of the molecule is O=C(COc1ccc(Cl)cc1Cl)OCC(=O)N1CCCC1c1ccc2c(c1)OCCO2. The van der Waals surface area contributed by atoms with E-state index < -0.39 is 5.97 Å². The zero-order valence-electron chi connectivity index (χ0n) is 16.6. The lowest BCUT2D eigenvalue weighted by Crippen LogP contribution is -2.34. The maximum Gasteiger partial charge on any atom is 0.344 e. The van der Waals surface area contributed by atoms with E-state index in [4.69, 9.17) is 42.1 Å². The van der Waals surface area contributed by atoms with Crippen molar-refractivity contribution in [1.29, 1.82) is 0 Å². The Balaban J connectivity index is 1.31. The quantitative estimate of drug-likeness (QED) is 0.599. The third kappa shape index (κ3) is 5.17. The number of hydrogen-bond acceptors (Lipinski definition) is 6. The Morgan fingerprint density at radius 1 is 1.03 bits per heavy atom. The molecule has 0 radical (unpaired) electrons. The fourth-order valence-corrected chi connectivity index (χ4v) is 4.14. The molecular formula is C22H21Cl2NO6. The molecule has 4 rings (SSSR count). The van der Waals surface area contributed by atoms with Gasteiger partial charge in [-0.25, -0.2) is 4.79 Å². The van der Waals surface area contributed by atoms with Crippen LogP contribution < -0.4 is 14.2 Å². The molecular weight excluding hydrogens is 445 g/mol. The first kappa shape index (κ1) is 21.6. The number of carbonyl (C=O) groups excluding carboxylic acids is 2. The van der Waals surface area contributed by atoms with Crippen LogP contribution in [-0.2, 0) is 14.3 Å². The van der Waals surface area contributed by atoms with Gasteiger partial charge in [0.05, 0.1) is 11.1 Å². The fourth-order valence-electron chi connectivity index (χ4n) is 3.67. The highest BCUT2D eigenvalue weighted by Crippen LogP contribution is 2.38. The van der Waals surface area contributed by atoms with Crippen LogP contribution in [0.5, 0.6) is 17.2 Å². The average molecular weight is 466 g/mol. The Morgan fingerprint density at radius 3 is 2.65 bits per heavy atom. The van der Waals surface area contributed by atoms with E-state index in [1.54, 1.807) is 17.0 Å². The third-order valence-corrected chi connectivity index (χ3v) is 5.65. The van der Waals surface area contributed by atoms with E-state index >= 15 is 0 Å². The number of hydrogen-bond donors (Lipinski definition) is 0. The molecule has 0 N–H and O–H groups in total. The van der Waals surface area contributed by atoms with E-state index in [1.807, 2.05) is 18.2 Å². The summed E-state index contributed by atoms with van der Waals surface area (Å²) in [7, 11) is 0. The minimum Gasteiger partial charge on any atom is -0.486 e. The predicted octanol–water partition coefficient (Wildman–Crippen LogP) is 4.05. The molecule has 7 nitrogen and oxygen atoms in total. The van der Waals surface area contributed by atoms with Crippen LogP contribution in [-0.4, -0.2) is 49.7 Å². The molecule has 0 aromatic heterocycles. The molecule has 0 bridgehead atoms. The number of esters is 1. The van der Waals surface area contributed by atoms with Crippen LogP contribution in [0.4, 0.5) is 0 Å². The van der Waals surface area contributed by atoms with Gasteiger partial charge in [0.1, 0.15) is 19.0 Å². The molecule has 1 saturated heterocycles. The molecule has 2 aromatic carbocycles. The van der Waals surface area contributed by atoms with E-state index in [2.05, 4.69) is 0 Å². The number of amides is 1. The predicted molar refractivity (Wildman–Crippen MR) is 114 cm³/mol. The molecule has 164 valence electrons. The molecule has 0 spiro atoms. The van der Waals surface area contributed by atoms with Gasteiger partial charge >= 0.3 is 5.97 Å². The minimum absolute atomic E-state index is 0.0915. The Morgan fingerprint density at radius 2 is 1.84 bits per heavy atom. The second-order valence-electron chi connectivity index (χ2n) is 7.17. The van der Waals surface area contributed by atoms with Gasteiger partial charge in [-0.1, -0.05) is 29.3 Å². The molecule has 1 amide bonds. The molecule has 2 aliphatic heterocycles. The Hall–Kier alpha value is -2.64. The summed E-state index contributed by atoms with van der Waals surface area (Å²) in [6.07, 6.45) is 1.70. The van der Waals surface area contributed by atoms with Crippen molar-refractivity contribution < 1.29 is 28.5 Å². The first-order valence-electron chi connectivity index (χ1n) is 9.94. The summed E-state index contributed by atoms with van der Waals surface area (Å²) >= 11 is 11.8. The Labute approximate surface area is 189 Å². The van der Waals surface area contributed by atoms with Crippen molar-refractivity contribution in [1.82, 2.24) is 4.90 Å². The Bertz CT molecular complexity index is 982. The van der Waals surface area contributed by atoms with Gasteiger partial charge in [0.15, 0.2) is 24.7 Å². The molecule has 0 saturated carbocycles. The standard InChI is InChI=1S/C22H21Cl2NO6/c23-15-4-6-18(16(24)11-15)30-13-22(27)31-12-21(26)25-7-1-2-17(25)14-3-5-19-20(10-14)29-9-8-28-19/h3-6,10-11,17H,1-2,7-9,12-13H2. The van der Waals surface area contributed by atoms with Crippen LogP contribution in [0, 0.1) is 0 Å². The van der Waals surface area contributed by atoms with Crippen molar-refractivity contribution in [3.8, 4) is 17.2 Å². The molecule has 2 heterocycles. The molecule has 0 aliphatic carbocycles. The molecule has 1 atom stereocenters. The van der Waals surface area contributed by atoms with Gasteiger partial charge in [-0.2, -0.15) is 0 Å². The second-order valence-corrected chi connectivity index (χ2v) is 8.02. The summed E-state index contributed by atoms with van der Waals surface area (Å²) in [4.78, 5) is 26.4. The van der Waals surface area contributed by atoms with E-state index in [0.717, 1.165) is 18.4 Å². The van der Waals surface area contributed by atoms with E-state index in [1.165, 1.54) is 6.07 Å². The van der Waals surface area contributed by atoms with Crippen LogP contribution in [0.3, 0.4) is 0 Å². The number of rotatable bonds is 6. The highest BCUT2D eigenvalue weighted by atomic mass is 35.5. The van der Waals surface area contributed by atoms with E-state index in [0.29, 0.717) is 42.0 Å². The van der Waals surface area contributed by atoms with E-state index in [-0.39, 0.29) is 30.2 Å². The average Bonchev–Trinajstić information content (AvgIpc) is 3.26. The summed E-state index contributed by atoms with van der Waals surface area (Å²) in [6.45, 7) is 0.924. The highest BCUT2D eigenvalue weighted by Gasteiger charge is 2.31. The summed E-state index contributed by atoms with van der Waals surface area (Å²) in [5, 5.41) is 0.749. The number of nitrogens with zero attached hydrogens (tertiary/aromatic N) is 1. The molecule has 1 fully saturated rings. The van der Waals surface area contributed by atoms with Crippen LogP contribution in [0.25, 0.3) is 0 Å². The zero-order valence-corrected chi connectivity index (χ0v) is 18.2. The van der Waals surface area contributed by atoms with Gasteiger partial charge in [0.25, 0.3) is 5.91 Å². The second kappa shape index (κ2) is 9.66. The lowest BCUT2D eigenvalue weighted by molar-refractivity contribution is -0.154. The fraction of sp³-hybridized carbons (Fsp3) is 0.364. The molecule has 2 aromatic rings. The molecule has 9 heteroatoms. The normalized spacial score (nSPS) is 17.4. The lowest BCUT2D eigenvalue weighted by Gasteiger charge is -2.26. The van der Waals surface area contributed by atoms with Crippen molar-refractivity contribution in [3.05, 3.63) is 52.0 Å². The molecule has 31 heavy (non-hydrogen) atoms. The highest BCUT2D eigenvalue weighted by molar-refractivity contribution is 6.35. The number of fused-ring (bicyclic) bond motifs is 1. The van der Waals surface area contributed by atoms with Gasteiger partial charge in [0, 0.05) is 11.6 Å². The van der Waals surface area contributed by atoms with Crippen LogP contribution in [0.2, 0.25) is 10.0 Å². The third-order valence-electron chi connectivity index (χ3n) is 5.12. The van der Waals surface area contributed by atoms with Gasteiger partial charge in [-0.3, -0.25) is 4.79 Å². The lowest BCUT2D eigenvalue weighted by atomic mass is 10.0. The maximum absolute atomic E-state index is 12.7. The summed E-state index contributed by atoms with van der Waals surface area (Å²) in [5.41, 5.74) is 0.974. The van der Waals surface area contributed by atoms with Crippen molar-refractivity contribution in [2.75, 3.05) is 33.0 Å². The summed E-state index contributed by atoms with van der Waals surface area (Å²) < 4.78 is 21.7. The van der Waals surface area contributed by atoms with Gasteiger partial charge in [-0.05, 0) is 48.7 Å². The van der Waals surface area contributed by atoms with Crippen molar-refractivity contribution >= 4 is 35.1 Å². The van der Waals surface area contributed by atoms with E-state index in [9.17, 15) is 9.59 Å². The van der Waals surface area contributed by atoms with Crippen molar-refractivity contribution in [3.63, 3.8) is 0 Å². The Kier molecular flexibility index (Phi) is 6.73. The van der Waals surface area contributed by atoms with Crippen molar-refractivity contribution in [2.24, 2.45) is 0 Å². The number of likely N-dealkylation sites (tertiary alicyclic amines) is 1. The number of carbonyl (C=O) groups is 2. The minimum atomic E-state index is -0.658. The first-order valence-corrected chi connectivity index (χ1v) is 10.7. The smallest absolute Gasteiger partial charge is 0.344 e. The summed E-state index contributed by atoms with van der Waals surface area (Å²) in [5.74, 6) is 0.797. The summed E-state index contributed by atoms with van der Waals surface area (Å²) in [6, 6.07) is 10.3. The number of halogens is 2. The molecule has 2 aliphatic rings. The number of benzene rings is 2. The van der Waals surface area contributed by atoms with Crippen LogP contribution >= 0.6 is 23.2 Å². The van der Waals surface area contributed by atoms with Crippen LogP contribution in [0.1, 0.15) is 24.4 Å². The van der Waals surface area contributed by atoms with Crippen LogP contribution in [0.15, 0.2) is 36.4 Å². The largest absolute Gasteiger partial charge is 0.486 e. The maximum atomic E-state index is 12.7. The zero-order chi connectivity index (χ0) is 21.8. The van der Waals surface area contributed by atoms with Crippen molar-refractivity contribution in [2.45, 2.75) is 18.9 Å². The van der Waals surface area contributed by atoms with Gasteiger partial charge < -0.3 is 23.8 Å².